The Morgan fingerprint density at radius 1 is 1.00 bits per heavy atom. The second-order valence-electron chi connectivity index (χ2n) is 0. The van der Waals surface area contributed by atoms with Crippen LogP contribution in [0.2, 0.25) is 0 Å². The molecule has 0 radical (unpaired) electrons. The molecule has 0 bridgehead atoms. The first kappa shape index (κ1) is 10.8. The van der Waals surface area contributed by atoms with Crippen molar-refractivity contribution in [2.45, 2.75) is 0 Å². The fourth-order valence-electron chi connectivity index (χ4n) is 0. The summed E-state index contributed by atoms with van der Waals surface area (Å²) in [6.07, 6.45) is 0. The zero-order chi connectivity index (χ0) is 5.41. The van der Waals surface area contributed by atoms with Crippen LogP contribution in [0.1, 0.15) is 0 Å². The van der Waals surface area contributed by atoms with Gasteiger partial charge in [0.2, 0.25) is 0 Å². The Morgan fingerprint density at radius 3 is 1.00 bits per heavy atom. The largest absolute Gasteiger partial charge is 1.00 e. The van der Waals surface area contributed by atoms with E-state index in [2.05, 4.69) is 0 Å². The summed E-state index contributed by atoms with van der Waals surface area (Å²) in [7, 11) is 0. The van der Waals surface area contributed by atoms with Crippen molar-refractivity contribution in [3.63, 3.8) is 0 Å². The predicted molar refractivity (Wildman–Crippen MR) is 7.22 cm³/mol. The molecule has 0 fully saturated rings. The van der Waals surface area contributed by atoms with Crippen molar-refractivity contribution in [3.05, 3.63) is 0 Å². The summed E-state index contributed by atoms with van der Waals surface area (Å²) in [6, 6.07) is 0. The maximum absolute atomic E-state index is 9.38. The van der Waals surface area contributed by atoms with Gasteiger partial charge in [-0.2, -0.15) is 0 Å². The van der Waals surface area contributed by atoms with Crippen molar-refractivity contribution in [3.8, 4) is 0 Å². The summed E-state index contributed by atoms with van der Waals surface area (Å²) in [5, 5.41) is 0. The van der Waals surface area contributed by atoms with Crippen LogP contribution in [0.3, 0.4) is 0 Å². The van der Waals surface area contributed by atoms with Gasteiger partial charge in [0.1, 0.15) is 0 Å². The first-order chi connectivity index (χ1) is 2.83. The molecular weight excluding hydrogens is 122 g/mol. The van der Waals surface area contributed by atoms with Crippen molar-refractivity contribution >= 4 is 0 Å². The summed E-state index contributed by atoms with van der Waals surface area (Å²) >= 11 is 0. The molecule has 0 aliphatic rings. The molecule has 0 heterocycles. The molecule has 0 aliphatic heterocycles. The summed E-state index contributed by atoms with van der Waals surface area (Å²) in [6.45, 7) is 0. The fraction of sp³-hybridized carbons (Fsp3) is 0. The molecular formula is H2F4KLi. The van der Waals surface area contributed by atoms with Crippen LogP contribution in [0.5, 0.6) is 0 Å². The maximum atomic E-state index is 9.38. The summed E-state index contributed by atoms with van der Waals surface area (Å²) in [5.41, 5.74) is 0. The van der Waals surface area contributed by atoms with Crippen molar-refractivity contribution in [2.24, 2.45) is 0 Å². The predicted octanol–water partition coefficient (Wildman–Crippen LogP) is -4.85. The molecule has 0 rings (SSSR count). The van der Waals surface area contributed by atoms with Gasteiger partial charge in [-0.1, -0.05) is 0 Å². The van der Waals surface area contributed by atoms with Gasteiger partial charge in [-0.3, -0.25) is 0 Å². The van der Waals surface area contributed by atoms with Gasteiger partial charge in [-0.15, -0.1) is 0 Å². The van der Waals surface area contributed by atoms with Gasteiger partial charge in [0.15, 0.2) is 2.95 Å². The Hall–Kier alpha value is 1.95. The van der Waals surface area contributed by atoms with Crippen molar-refractivity contribution in [2.75, 3.05) is 0 Å². The smallest absolute Gasteiger partial charge is 0.590 e. The minimum absolute atomic E-state index is 0. The molecule has 0 aromatic rings. The third-order valence-electron chi connectivity index (χ3n) is 0. The van der Waals surface area contributed by atoms with Gasteiger partial charge in [0.25, 0.3) is 0 Å². The first-order valence-electron chi connectivity index (χ1n) is 1.51. The van der Waals surface area contributed by atoms with Crippen molar-refractivity contribution < 1.29 is 89.1 Å². The van der Waals surface area contributed by atoms with Gasteiger partial charge in [0, 0.05) is 0 Å². The van der Waals surface area contributed by atoms with Gasteiger partial charge >= 0.3 is 70.2 Å². The molecule has 0 saturated carbocycles. The van der Waals surface area contributed by atoms with E-state index in [9.17, 15) is 18.9 Å². The summed E-state index contributed by atoms with van der Waals surface area (Å²) < 4.78 is 37.0. The van der Waals surface area contributed by atoms with Crippen LogP contribution in [0.4, 0.5) is 18.9 Å². The topological polar surface area (TPSA) is 0 Å². The number of halogens is 4. The number of hydrogen-bond donors (Lipinski definition) is 0. The second-order valence-corrected chi connectivity index (χ2v) is 0. The Balaban J connectivity index is -0.0000000160. The van der Waals surface area contributed by atoms with Crippen molar-refractivity contribution in [1.82, 2.24) is 0 Å². The molecule has 0 atom stereocenters. The molecule has 0 spiro atoms. The third kappa shape index (κ3) is 38.3. The molecule has 0 aromatic heterocycles. The Kier molecular flexibility index (Phi) is 117. The summed E-state index contributed by atoms with van der Waals surface area (Å²) in [5.74, 6) is 0. The van der Waals surface area contributed by atoms with Crippen LogP contribution in [0, 0.1) is 0 Å². The average molecular weight is 124 g/mol. The van der Waals surface area contributed by atoms with E-state index in [1.165, 1.54) is 0 Å². The van der Waals surface area contributed by atoms with E-state index in [0.717, 1.165) is 0 Å². The number of hydrogen-bond acceptors (Lipinski definition) is 0. The maximum Gasteiger partial charge on any atom is 1.00 e. The summed E-state index contributed by atoms with van der Waals surface area (Å²) in [4.78, 5) is 0. The van der Waals surface area contributed by atoms with Crippen LogP contribution in [-0.2, 0) is 0 Å². The van der Waals surface area contributed by atoms with Gasteiger partial charge in [-0.25, -0.2) is 0 Å². The minimum atomic E-state index is -0.250. The molecule has 0 amide bonds. The Bertz CT molecular complexity index is 16.0. The average Bonchev–Trinajstić information content (AvgIpc) is 1.39. The van der Waals surface area contributed by atoms with E-state index < -0.39 is 0 Å². The SMILES string of the molecule is F[H-]F.F[H-]F.[K+].[Li+]. The molecule has 6 heteroatoms. The Labute approximate surface area is 90.6 Å². The molecule has 0 N–H and O–H groups in total. The molecule has 0 nitrogen and oxygen atoms in total. The molecule has 0 unspecified atom stereocenters. The zero-order valence-corrected chi connectivity index (χ0v) is 6.63. The fourth-order valence-corrected chi connectivity index (χ4v) is 0. The molecule has 6 heavy (non-hydrogen) atoms. The normalized spacial score (nSPS) is 3.33. The van der Waals surface area contributed by atoms with Crippen LogP contribution < -0.4 is 70.2 Å². The van der Waals surface area contributed by atoms with Gasteiger partial charge < -0.3 is 18.9 Å². The van der Waals surface area contributed by atoms with E-state index in [1.807, 2.05) is 0 Å². The van der Waals surface area contributed by atoms with E-state index in [0.29, 0.717) is 0 Å². The second kappa shape index (κ2) is 64.6. The molecule has 0 saturated heterocycles. The third-order valence-corrected chi connectivity index (χ3v) is 0. The number of rotatable bonds is 0. The zero-order valence-electron chi connectivity index (χ0n) is 5.51. The Morgan fingerprint density at radius 2 is 1.00 bits per heavy atom. The minimum Gasteiger partial charge on any atom is -0.590 e. The molecule has 0 aromatic carbocycles. The van der Waals surface area contributed by atoms with Crippen LogP contribution in [-0.4, -0.2) is 2.95 Å². The van der Waals surface area contributed by atoms with Crippen molar-refractivity contribution in [1.29, 1.82) is 2.95 Å². The van der Waals surface area contributed by atoms with Crippen LogP contribution in [0.25, 0.3) is 0 Å². The standard InChI is InChI=1S/2F2H.K.Li/c2*1-3-2;;/q2*-1;2*+1. The first-order valence-corrected chi connectivity index (χ1v) is 0. The van der Waals surface area contributed by atoms with E-state index in [1.54, 1.807) is 0 Å². The van der Waals surface area contributed by atoms with Gasteiger partial charge in [-0.05, 0) is 0 Å². The van der Waals surface area contributed by atoms with E-state index in [4.69, 9.17) is 0 Å². The van der Waals surface area contributed by atoms with E-state index >= 15 is 0 Å². The van der Waals surface area contributed by atoms with E-state index in [-0.39, 0.29) is 73.2 Å². The van der Waals surface area contributed by atoms with Gasteiger partial charge in [0.05, 0.1) is 0 Å². The van der Waals surface area contributed by atoms with Crippen LogP contribution in [0.15, 0.2) is 0 Å². The van der Waals surface area contributed by atoms with Crippen LogP contribution >= 0.6 is 0 Å². The monoisotopic (exact) mass is 124 g/mol. The molecule has 32 valence electrons. The quantitative estimate of drug-likeness (QED) is 0.224. The molecule has 0 aliphatic carbocycles.